The van der Waals surface area contributed by atoms with Gasteiger partial charge in [0.15, 0.2) is 0 Å². The van der Waals surface area contributed by atoms with Crippen LogP contribution in [0.2, 0.25) is 0 Å². The van der Waals surface area contributed by atoms with Crippen molar-refractivity contribution in [2.45, 2.75) is 58.0 Å². The van der Waals surface area contributed by atoms with Crippen molar-refractivity contribution in [2.75, 3.05) is 5.73 Å². The standard InChI is InChI=1S/C21H18FN5.C9H16/c1-21(22)7-5-13(6-8-21)15-4-2-3-14-11-16(26-17(14)15)18-19-20(23)24-9-10-27(19)12-25-18;1-8(2)9-6-4-3-5-7-9/h2-7,9-12,26H,8H2,1H3,(H2,23,24);9H,1,3-7H2,2H3. The molecule has 0 aliphatic heterocycles. The van der Waals surface area contributed by atoms with Gasteiger partial charge in [-0.1, -0.05) is 61.8 Å². The lowest BCUT2D eigenvalue weighted by Gasteiger charge is -2.21. The summed E-state index contributed by atoms with van der Waals surface area (Å²) < 4.78 is 15.9. The van der Waals surface area contributed by atoms with Crippen LogP contribution in [0.15, 0.2) is 73.4 Å². The zero-order chi connectivity index (χ0) is 25.3. The Hall–Kier alpha value is -3.67. The second-order valence-corrected chi connectivity index (χ2v) is 10.3. The maximum absolute atomic E-state index is 14.1. The van der Waals surface area contributed by atoms with Crippen molar-refractivity contribution in [1.29, 1.82) is 0 Å². The first-order valence-corrected chi connectivity index (χ1v) is 12.8. The van der Waals surface area contributed by atoms with Crippen molar-refractivity contribution in [3.8, 4) is 11.4 Å². The van der Waals surface area contributed by atoms with Gasteiger partial charge in [-0.3, -0.25) is 0 Å². The van der Waals surface area contributed by atoms with E-state index in [4.69, 9.17) is 5.73 Å². The van der Waals surface area contributed by atoms with E-state index in [1.54, 1.807) is 25.5 Å². The molecule has 1 saturated carbocycles. The summed E-state index contributed by atoms with van der Waals surface area (Å²) in [6.45, 7) is 7.73. The minimum Gasteiger partial charge on any atom is -0.382 e. The van der Waals surface area contributed by atoms with Crippen molar-refractivity contribution in [1.82, 2.24) is 19.4 Å². The number of hydrogen-bond acceptors (Lipinski definition) is 3. The minimum absolute atomic E-state index is 0.372. The smallest absolute Gasteiger partial charge is 0.150 e. The number of nitrogens with zero attached hydrogens (tertiary/aromatic N) is 3. The summed E-state index contributed by atoms with van der Waals surface area (Å²) in [7, 11) is 0. The zero-order valence-corrected chi connectivity index (χ0v) is 21.1. The predicted octanol–water partition coefficient (Wildman–Crippen LogP) is 7.67. The van der Waals surface area contributed by atoms with Crippen molar-refractivity contribution in [2.24, 2.45) is 5.92 Å². The highest BCUT2D eigenvalue weighted by atomic mass is 19.1. The number of nitrogens with two attached hydrogens (primary N) is 1. The molecule has 0 spiro atoms. The van der Waals surface area contributed by atoms with Crippen LogP contribution < -0.4 is 5.73 Å². The Morgan fingerprint density at radius 2 is 2.03 bits per heavy atom. The Morgan fingerprint density at radius 1 is 1.22 bits per heavy atom. The van der Waals surface area contributed by atoms with Gasteiger partial charge in [0.25, 0.3) is 0 Å². The third kappa shape index (κ3) is 4.85. The van der Waals surface area contributed by atoms with Gasteiger partial charge < -0.3 is 15.1 Å². The number of aromatic amines is 1. The summed E-state index contributed by atoms with van der Waals surface area (Å²) in [5.74, 6) is 1.29. The summed E-state index contributed by atoms with van der Waals surface area (Å²) in [4.78, 5) is 12.2. The molecular weight excluding hydrogens is 449 g/mol. The average Bonchev–Trinajstić information content (AvgIpc) is 3.50. The second kappa shape index (κ2) is 9.76. The monoisotopic (exact) mass is 483 g/mol. The van der Waals surface area contributed by atoms with Crippen molar-refractivity contribution < 1.29 is 4.39 Å². The van der Waals surface area contributed by atoms with Gasteiger partial charge in [0, 0.05) is 29.8 Å². The van der Waals surface area contributed by atoms with E-state index in [-0.39, 0.29) is 0 Å². The van der Waals surface area contributed by atoms with Gasteiger partial charge in [-0.2, -0.15) is 0 Å². The molecule has 3 N–H and O–H groups in total. The molecule has 3 heterocycles. The molecule has 3 aromatic heterocycles. The van der Waals surface area contributed by atoms with E-state index in [9.17, 15) is 4.39 Å². The summed E-state index contributed by atoms with van der Waals surface area (Å²) in [5, 5.41) is 1.06. The molecular formula is C30H34FN5. The Labute approximate surface area is 211 Å². The number of para-hydroxylation sites is 1. The van der Waals surface area contributed by atoms with E-state index >= 15 is 0 Å². The summed E-state index contributed by atoms with van der Waals surface area (Å²) >= 11 is 0. The van der Waals surface area contributed by atoms with Crippen LogP contribution in [-0.2, 0) is 0 Å². The SMILES string of the molecule is C=C(C)C1CCCCC1.CC1(F)C=CC(c2cccc3cc(-c4ncn5ccnc(N)c45)[nH]c23)=CC1. The van der Waals surface area contributed by atoms with Crippen molar-refractivity contribution >= 4 is 27.8 Å². The van der Waals surface area contributed by atoms with Crippen LogP contribution in [0, 0.1) is 5.92 Å². The summed E-state index contributed by atoms with van der Waals surface area (Å²) in [5.41, 5.74) is 11.6. The molecule has 2 aliphatic rings. The van der Waals surface area contributed by atoms with Crippen LogP contribution >= 0.6 is 0 Å². The second-order valence-electron chi connectivity index (χ2n) is 10.3. The van der Waals surface area contributed by atoms with Crippen LogP contribution in [0.4, 0.5) is 10.2 Å². The van der Waals surface area contributed by atoms with Gasteiger partial charge in [0.05, 0.1) is 11.2 Å². The van der Waals surface area contributed by atoms with Crippen LogP contribution in [0.3, 0.4) is 0 Å². The topological polar surface area (TPSA) is 72.0 Å². The van der Waals surface area contributed by atoms with Crippen LogP contribution in [0.25, 0.3) is 33.4 Å². The Morgan fingerprint density at radius 3 is 2.72 bits per heavy atom. The number of benzene rings is 1. The molecule has 0 saturated heterocycles. The molecule has 6 heteroatoms. The average molecular weight is 484 g/mol. The fourth-order valence-electron chi connectivity index (χ4n) is 5.20. The number of allylic oxidation sites excluding steroid dienone is 5. The quantitative estimate of drug-likeness (QED) is 0.294. The molecule has 36 heavy (non-hydrogen) atoms. The number of aromatic nitrogens is 4. The number of imidazole rings is 1. The van der Waals surface area contributed by atoms with Gasteiger partial charge in [-0.15, -0.1) is 0 Å². The number of rotatable bonds is 3. The van der Waals surface area contributed by atoms with E-state index in [0.29, 0.717) is 12.2 Å². The number of halogens is 1. The number of alkyl halides is 1. The number of nitrogens with one attached hydrogen (secondary N) is 1. The molecule has 1 aromatic carbocycles. The Balaban J connectivity index is 0.000000252. The molecule has 0 bridgehead atoms. The van der Waals surface area contributed by atoms with E-state index in [1.807, 2.05) is 40.9 Å². The molecule has 0 amide bonds. The molecule has 4 aromatic rings. The number of H-pyrrole nitrogens is 1. The molecule has 0 radical (unpaired) electrons. The fourth-order valence-corrected chi connectivity index (χ4v) is 5.20. The first kappa shape index (κ1) is 24.0. The van der Waals surface area contributed by atoms with Gasteiger partial charge >= 0.3 is 0 Å². The largest absolute Gasteiger partial charge is 0.382 e. The zero-order valence-electron chi connectivity index (χ0n) is 21.1. The molecule has 1 fully saturated rings. The highest BCUT2D eigenvalue weighted by molar-refractivity contribution is 5.98. The lowest BCUT2D eigenvalue weighted by molar-refractivity contribution is 0.260. The maximum Gasteiger partial charge on any atom is 0.150 e. The van der Waals surface area contributed by atoms with E-state index in [0.717, 1.165) is 44.9 Å². The van der Waals surface area contributed by atoms with E-state index in [1.165, 1.54) is 37.7 Å². The van der Waals surface area contributed by atoms with Crippen LogP contribution in [0.5, 0.6) is 0 Å². The Bertz CT molecular complexity index is 1460. The predicted molar refractivity (Wildman–Crippen MR) is 147 cm³/mol. The molecule has 1 unspecified atom stereocenters. The van der Waals surface area contributed by atoms with Gasteiger partial charge in [-0.05, 0) is 50.3 Å². The van der Waals surface area contributed by atoms with E-state index < -0.39 is 5.67 Å². The molecule has 6 rings (SSSR count). The number of fused-ring (bicyclic) bond motifs is 2. The molecule has 5 nitrogen and oxygen atoms in total. The minimum atomic E-state index is -1.28. The van der Waals surface area contributed by atoms with Gasteiger partial charge in [-0.25, -0.2) is 14.4 Å². The van der Waals surface area contributed by atoms with Crippen LogP contribution in [0.1, 0.15) is 57.9 Å². The van der Waals surface area contributed by atoms with E-state index in [2.05, 4.69) is 34.5 Å². The van der Waals surface area contributed by atoms with Gasteiger partial charge in [0.2, 0.25) is 0 Å². The van der Waals surface area contributed by atoms with Crippen molar-refractivity contribution in [3.63, 3.8) is 0 Å². The van der Waals surface area contributed by atoms with Crippen molar-refractivity contribution in [3.05, 3.63) is 78.9 Å². The molecule has 1 atom stereocenters. The first-order chi connectivity index (χ1) is 17.3. The highest BCUT2D eigenvalue weighted by Crippen LogP contribution is 2.35. The maximum atomic E-state index is 14.1. The fraction of sp³-hybridized carbons (Fsp3) is 0.333. The summed E-state index contributed by atoms with van der Waals surface area (Å²) in [6, 6.07) is 8.15. The Kier molecular flexibility index (Phi) is 6.52. The lowest BCUT2D eigenvalue weighted by Crippen LogP contribution is -2.15. The van der Waals surface area contributed by atoms with Gasteiger partial charge in [0.1, 0.15) is 29.0 Å². The third-order valence-electron chi connectivity index (χ3n) is 7.33. The van der Waals surface area contributed by atoms with Crippen LogP contribution in [-0.4, -0.2) is 25.0 Å². The lowest BCUT2D eigenvalue weighted by atomic mass is 9.85. The molecule has 186 valence electrons. The third-order valence-corrected chi connectivity index (χ3v) is 7.33. The summed E-state index contributed by atoms with van der Waals surface area (Å²) in [6.07, 6.45) is 18.1. The number of anilines is 1. The first-order valence-electron chi connectivity index (χ1n) is 12.8. The number of hydrogen-bond donors (Lipinski definition) is 2. The highest BCUT2D eigenvalue weighted by Gasteiger charge is 2.22. The normalized spacial score (nSPS) is 20.2. The molecule has 2 aliphatic carbocycles. The number of nitrogen functional groups attached to an aromatic ring is 1.